The summed E-state index contributed by atoms with van der Waals surface area (Å²) in [5, 5.41) is 0.534. The summed E-state index contributed by atoms with van der Waals surface area (Å²) in [4.78, 5) is 8.76. The second-order valence-corrected chi connectivity index (χ2v) is 4.72. The molecule has 96 valence electrons. The van der Waals surface area contributed by atoms with E-state index in [1.54, 1.807) is 18.2 Å². The molecule has 0 unspecified atom stereocenters. The summed E-state index contributed by atoms with van der Waals surface area (Å²) in [5.74, 6) is -0.410. The molecule has 2 aromatic carbocycles. The lowest BCUT2D eigenvalue weighted by atomic mass is 9.97. The van der Waals surface area contributed by atoms with Gasteiger partial charge in [0.15, 0.2) is 5.82 Å². The zero-order valence-electron chi connectivity index (χ0n) is 10.5. The molecule has 0 N–H and O–H groups in total. The predicted molar refractivity (Wildman–Crippen MR) is 79.4 cm³/mol. The summed E-state index contributed by atoms with van der Waals surface area (Å²) < 4.78 is 13.9. The van der Waals surface area contributed by atoms with E-state index in [1.165, 1.54) is 6.07 Å². The van der Waals surface area contributed by atoms with Crippen molar-refractivity contribution >= 4 is 30.5 Å². The van der Waals surface area contributed by atoms with Crippen molar-refractivity contribution in [1.29, 1.82) is 0 Å². The predicted octanol–water partition coefficient (Wildman–Crippen LogP) is 3.76. The number of para-hydroxylation sites is 1. The fourth-order valence-electron chi connectivity index (χ4n) is 2.09. The average Bonchev–Trinajstić information content (AvgIpc) is 2.47. The van der Waals surface area contributed by atoms with Gasteiger partial charge in [0.1, 0.15) is 5.52 Å². The van der Waals surface area contributed by atoms with Crippen molar-refractivity contribution < 1.29 is 4.39 Å². The maximum Gasteiger partial charge on any atom is 0.151 e. The minimum atomic E-state index is -0.410. The molecule has 20 heavy (non-hydrogen) atoms. The highest BCUT2D eigenvalue weighted by molar-refractivity contribution is 6.33. The molecule has 0 spiro atoms. The van der Waals surface area contributed by atoms with Gasteiger partial charge in [-0.3, -0.25) is 0 Å². The van der Waals surface area contributed by atoms with Crippen LogP contribution in [0.4, 0.5) is 4.39 Å². The van der Waals surface area contributed by atoms with Gasteiger partial charge >= 0.3 is 0 Å². The molecule has 2 nitrogen and oxygen atoms in total. The first-order valence-corrected chi connectivity index (χ1v) is 6.48. The highest BCUT2D eigenvalue weighted by atomic mass is 35.5. The molecule has 0 bridgehead atoms. The molecule has 3 aromatic rings. The van der Waals surface area contributed by atoms with Gasteiger partial charge in [-0.2, -0.15) is 0 Å². The normalized spacial score (nSPS) is 10.9. The number of nitrogens with zero attached hydrogens (tertiary/aromatic N) is 2. The van der Waals surface area contributed by atoms with Crippen molar-refractivity contribution in [2.24, 2.45) is 0 Å². The Morgan fingerprint density at radius 1 is 1.05 bits per heavy atom. The fraction of sp³-hybridized carbons (Fsp3) is 0.0667. The lowest BCUT2D eigenvalue weighted by Gasteiger charge is -2.10. The summed E-state index contributed by atoms with van der Waals surface area (Å²) in [5.41, 5.74) is 2.53. The van der Waals surface area contributed by atoms with Crippen molar-refractivity contribution in [1.82, 2.24) is 9.97 Å². The Morgan fingerprint density at radius 3 is 2.60 bits per heavy atom. The third-order valence-corrected chi connectivity index (χ3v) is 3.37. The Balaban J connectivity index is 2.34. The highest BCUT2D eigenvalue weighted by Crippen LogP contribution is 2.30. The quantitative estimate of drug-likeness (QED) is 0.669. The lowest BCUT2D eigenvalue weighted by Crippen LogP contribution is -2.00. The Hall–Kier alpha value is -1.94. The SMILES string of the molecule is [B]Cc1nc2cccc(F)c2nc1-c1ccccc1Cl. The van der Waals surface area contributed by atoms with Gasteiger partial charge in [0.05, 0.1) is 29.8 Å². The second kappa shape index (κ2) is 5.21. The standard InChI is InChI=1S/C15H9BClFN2/c16-8-13-14(9-4-1-2-5-10(9)17)20-15-11(18)6-3-7-12(15)19-13/h1-7H,8H2. The zero-order valence-corrected chi connectivity index (χ0v) is 11.2. The molecule has 0 saturated carbocycles. The minimum Gasteiger partial charge on any atom is -0.250 e. The molecule has 0 saturated heterocycles. The topological polar surface area (TPSA) is 25.8 Å². The molecule has 1 heterocycles. The monoisotopic (exact) mass is 282 g/mol. The molecule has 0 fully saturated rings. The Kier molecular flexibility index (Phi) is 3.41. The number of aromatic nitrogens is 2. The van der Waals surface area contributed by atoms with Gasteiger partial charge in [-0.1, -0.05) is 35.9 Å². The molecule has 0 aliphatic heterocycles. The van der Waals surface area contributed by atoms with Gasteiger partial charge < -0.3 is 0 Å². The van der Waals surface area contributed by atoms with Crippen LogP contribution >= 0.6 is 11.6 Å². The molecular weight excluding hydrogens is 273 g/mol. The van der Waals surface area contributed by atoms with Crippen LogP contribution in [0.25, 0.3) is 22.3 Å². The van der Waals surface area contributed by atoms with Crippen molar-refractivity contribution in [3.63, 3.8) is 0 Å². The van der Waals surface area contributed by atoms with Crippen LogP contribution in [0.15, 0.2) is 42.5 Å². The van der Waals surface area contributed by atoms with Crippen LogP contribution < -0.4 is 0 Å². The Bertz CT molecular complexity index is 792. The van der Waals surface area contributed by atoms with E-state index in [4.69, 9.17) is 19.4 Å². The number of benzene rings is 2. The van der Waals surface area contributed by atoms with Gasteiger partial charge in [-0.25, -0.2) is 14.4 Å². The molecule has 0 amide bonds. The number of hydrogen-bond acceptors (Lipinski definition) is 2. The lowest BCUT2D eigenvalue weighted by molar-refractivity contribution is 0.636. The maximum absolute atomic E-state index is 13.9. The van der Waals surface area contributed by atoms with E-state index in [0.29, 0.717) is 27.5 Å². The first-order chi connectivity index (χ1) is 9.70. The van der Waals surface area contributed by atoms with Crippen molar-refractivity contribution in [2.75, 3.05) is 0 Å². The molecule has 0 atom stereocenters. The van der Waals surface area contributed by atoms with E-state index in [1.807, 2.05) is 18.2 Å². The number of rotatable bonds is 2. The van der Waals surface area contributed by atoms with Gasteiger partial charge in [-0.05, 0) is 24.5 Å². The molecule has 1 aromatic heterocycles. The summed E-state index contributed by atoms with van der Waals surface area (Å²) in [7, 11) is 5.73. The van der Waals surface area contributed by atoms with Crippen molar-refractivity contribution in [3.8, 4) is 11.3 Å². The summed E-state index contributed by atoms with van der Waals surface area (Å²) in [6.07, 6.45) is 0.208. The molecule has 3 rings (SSSR count). The van der Waals surface area contributed by atoms with E-state index in [9.17, 15) is 4.39 Å². The van der Waals surface area contributed by atoms with E-state index in [0.717, 1.165) is 0 Å². The average molecular weight is 283 g/mol. The third kappa shape index (κ3) is 2.16. The second-order valence-electron chi connectivity index (χ2n) is 4.31. The van der Waals surface area contributed by atoms with E-state index >= 15 is 0 Å². The highest BCUT2D eigenvalue weighted by Gasteiger charge is 2.13. The Labute approximate surface area is 122 Å². The van der Waals surface area contributed by atoms with Crippen LogP contribution in [0, 0.1) is 5.82 Å². The Morgan fingerprint density at radius 2 is 1.85 bits per heavy atom. The van der Waals surface area contributed by atoms with Crippen molar-refractivity contribution in [2.45, 2.75) is 6.32 Å². The third-order valence-electron chi connectivity index (χ3n) is 3.04. The minimum absolute atomic E-state index is 0.208. The van der Waals surface area contributed by atoms with E-state index in [2.05, 4.69) is 9.97 Å². The molecule has 2 radical (unpaired) electrons. The van der Waals surface area contributed by atoms with Crippen LogP contribution in [0.2, 0.25) is 5.02 Å². The van der Waals surface area contributed by atoms with Gasteiger partial charge in [0.2, 0.25) is 0 Å². The first kappa shape index (κ1) is 13.1. The number of halogens is 2. The smallest absolute Gasteiger partial charge is 0.151 e. The van der Waals surface area contributed by atoms with Gasteiger partial charge in [-0.15, -0.1) is 0 Å². The van der Waals surface area contributed by atoms with E-state index < -0.39 is 5.82 Å². The van der Waals surface area contributed by atoms with Crippen LogP contribution in [0.3, 0.4) is 0 Å². The maximum atomic E-state index is 13.9. The fourth-order valence-corrected chi connectivity index (χ4v) is 2.32. The summed E-state index contributed by atoms with van der Waals surface area (Å²) in [6.45, 7) is 0. The van der Waals surface area contributed by atoms with E-state index in [-0.39, 0.29) is 11.8 Å². The molecule has 5 heteroatoms. The largest absolute Gasteiger partial charge is 0.250 e. The van der Waals surface area contributed by atoms with Crippen LogP contribution in [0.5, 0.6) is 0 Å². The van der Waals surface area contributed by atoms with Crippen molar-refractivity contribution in [3.05, 3.63) is 59.0 Å². The zero-order chi connectivity index (χ0) is 14.1. The van der Waals surface area contributed by atoms with Gasteiger partial charge in [0.25, 0.3) is 0 Å². The van der Waals surface area contributed by atoms with Crippen LogP contribution in [0.1, 0.15) is 5.69 Å². The summed E-state index contributed by atoms with van der Waals surface area (Å²) in [6, 6.07) is 11.9. The summed E-state index contributed by atoms with van der Waals surface area (Å²) >= 11 is 6.18. The van der Waals surface area contributed by atoms with Gasteiger partial charge in [0, 0.05) is 5.56 Å². The molecule has 0 aliphatic carbocycles. The van der Waals surface area contributed by atoms with Crippen LogP contribution in [-0.4, -0.2) is 17.8 Å². The van der Waals surface area contributed by atoms with Crippen LogP contribution in [-0.2, 0) is 6.32 Å². The number of hydrogen-bond donors (Lipinski definition) is 0. The first-order valence-electron chi connectivity index (χ1n) is 6.11. The molecular formula is C15H9BClFN2. The number of fused-ring (bicyclic) bond motifs is 1. The molecule has 0 aliphatic rings.